The van der Waals surface area contributed by atoms with Gasteiger partial charge in [-0.1, -0.05) is 36.4 Å². The highest BCUT2D eigenvalue weighted by atomic mass is 16.5. The molecule has 0 bridgehead atoms. The van der Waals surface area contributed by atoms with Gasteiger partial charge in [0.2, 0.25) is 0 Å². The van der Waals surface area contributed by atoms with Gasteiger partial charge < -0.3 is 9.84 Å². The lowest BCUT2D eigenvalue weighted by atomic mass is 9.91. The van der Waals surface area contributed by atoms with Gasteiger partial charge in [-0.2, -0.15) is 0 Å². The number of carbonyl (C=O) groups excluding carboxylic acids is 1. The summed E-state index contributed by atoms with van der Waals surface area (Å²) in [6.07, 6.45) is 1.92. The van der Waals surface area contributed by atoms with E-state index in [0.29, 0.717) is 0 Å². The number of aromatic nitrogens is 1. The number of hydrogen-bond acceptors (Lipinski definition) is 4. The minimum Gasteiger partial charge on any atom is -0.467 e. The normalized spacial score (nSPS) is 14.0. The summed E-state index contributed by atoms with van der Waals surface area (Å²) in [6.45, 7) is 1.47. The fourth-order valence-electron chi connectivity index (χ4n) is 2.80. The zero-order valence-corrected chi connectivity index (χ0v) is 12.5. The molecule has 3 aromatic rings. The van der Waals surface area contributed by atoms with E-state index >= 15 is 0 Å². The number of methoxy groups -OCH3 is 1. The van der Waals surface area contributed by atoms with Crippen LogP contribution in [0.5, 0.6) is 0 Å². The van der Waals surface area contributed by atoms with Crippen molar-refractivity contribution in [1.29, 1.82) is 0 Å². The zero-order chi connectivity index (χ0) is 15.7. The van der Waals surface area contributed by atoms with E-state index in [4.69, 9.17) is 0 Å². The smallest absolute Gasteiger partial charge is 0.337 e. The molecule has 1 heterocycles. The third-order valence-electron chi connectivity index (χ3n) is 3.86. The number of aliphatic hydroxyl groups is 1. The Bertz CT molecular complexity index is 855. The summed E-state index contributed by atoms with van der Waals surface area (Å²) in [5.74, 6) is -0.641. The lowest BCUT2D eigenvalue weighted by Gasteiger charge is -2.21. The van der Waals surface area contributed by atoms with Crippen molar-refractivity contribution in [3.8, 4) is 0 Å². The highest BCUT2D eigenvalue weighted by molar-refractivity contribution is 6.07. The molecule has 0 aliphatic carbocycles. The van der Waals surface area contributed by atoms with Gasteiger partial charge in [0.05, 0.1) is 12.6 Å². The number of pyridine rings is 1. The largest absolute Gasteiger partial charge is 0.467 e. The molecular formula is C18H17NO3. The van der Waals surface area contributed by atoms with Gasteiger partial charge >= 0.3 is 5.97 Å². The number of rotatable bonds is 3. The molecule has 0 aliphatic heterocycles. The van der Waals surface area contributed by atoms with Crippen LogP contribution in [-0.2, 0) is 16.0 Å². The van der Waals surface area contributed by atoms with Gasteiger partial charge in [-0.15, -0.1) is 0 Å². The van der Waals surface area contributed by atoms with E-state index in [9.17, 15) is 9.90 Å². The van der Waals surface area contributed by atoms with Gasteiger partial charge in [0.25, 0.3) is 0 Å². The molecule has 1 N–H and O–H groups in total. The summed E-state index contributed by atoms with van der Waals surface area (Å²) in [7, 11) is 1.27. The summed E-state index contributed by atoms with van der Waals surface area (Å²) in [4.78, 5) is 16.2. The lowest BCUT2D eigenvalue weighted by Crippen LogP contribution is -2.38. The first kappa shape index (κ1) is 14.5. The maximum absolute atomic E-state index is 11.7. The first-order valence-corrected chi connectivity index (χ1v) is 7.09. The Morgan fingerprint density at radius 1 is 1.18 bits per heavy atom. The second kappa shape index (κ2) is 5.39. The van der Waals surface area contributed by atoms with Crippen molar-refractivity contribution >= 4 is 27.6 Å². The Hall–Kier alpha value is -2.46. The van der Waals surface area contributed by atoms with E-state index in [2.05, 4.69) is 9.72 Å². The van der Waals surface area contributed by atoms with Crippen molar-refractivity contribution in [1.82, 2.24) is 4.98 Å². The molecule has 0 radical (unpaired) electrons. The van der Waals surface area contributed by atoms with Gasteiger partial charge in [0.1, 0.15) is 0 Å². The second-order valence-electron chi connectivity index (χ2n) is 5.60. The predicted octanol–water partition coefficient (Wildman–Crippen LogP) is 2.85. The molecule has 0 saturated carbocycles. The lowest BCUT2D eigenvalue weighted by molar-refractivity contribution is -0.160. The Kier molecular flexibility index (Phi) is 3.54. The molecule has 4 heteroatoms. The minimum absolute atomic E-state index is 0.173. The van der Waals surface area contributed by atoms with Crippen LogP contribution in [0, 0.1) is 0 Å². The van der Waals surface area contributed by atoms with Crippen LogP contribution >= 0.6 is 0 Å². The van der Waals surface area contributed by atoms with Gasteiger partial charge in [-0.25, -0.2) is 4.79 Å². The highest BCUT2D eigenvalue weighted by Crippen LogP contribution is 2.29. The van der Waals surface area contributed by atoms with Crippen LogP contribution in [-0.4, -0.2) is 28.8 Å². The quantitative estimate of drug-likeness (QED) is 0.596. The number of carbonyl (C=O) groups is 1. The molecule has 0 amide bonds. The topological polar surface area (TPSA) is 59.4 Å². The summed E-state index contributed by atoms with van der Waals surface area (Å²) < 4.78 is 4.68. The van der Waals surface area contributed by atoms with E-state index in [0.717, 1.165) is 27.2 Å². The third kappa shape index (κ3) is 2.42. The number of ether oxygens (including phenoxy) is 1. The van der Waals surface area contributed by atoms with Crippen molar-refractivity contribution in [2.45, 2.75) is 18.9 Å². The Balaban J connectivity index is 2.22. The second-order valence-corrected chi connectivity index (χ2v) is 5.60. The van der Waals surface area contributed by atoms with Crippen LogP contribution in [0.3, 0.4) is 0 Å². The maximum Gasteiger partial charge on any atom is 0.337 e. The molecule has 0 fully saturated rings. The first-order chi connectivity index (χ1) is 10.5. The minimum atomic E-state index is -1.57. The van der Waals surface area contributed by atoms with Gasteiger partial charge in [-0.3, -0.25) is 4.98 Å². The average Bonchev–Trinajstić information content (AvgIpc) is 2.53. The SMILES string of the molecule is COC(=O)C(C)(O)Cc1cccc2ccc3cccnc3c12. The molecule has 1 aromatic heterocycles. The number of hydrogen-bond donors (Lipinski definition) is 1. The summed E-state index contributed by atoms with van der Waals surface area (Å²) in [5.41, 5.74) is 0.174. The van der Waals surface area contributed by atoms with E-state index in [-0.39, 0.29) is 6.42 Å². The number of benzene rings is 2. The molecule has 0 aliphatic rings. The van der Waals surface area contributed by atoms with Crippen LogP contribution in [0.1, 0.15) is 12.5 Å². The first-order valence-electron chi connectivity index (χ1n) is 7.09. The van der Waals surface area contributed by atoms with Crippen molar-refractivity contribution in [2.24, 2.45) is 0 Å². The Morgan fingerprint density at radius 3 is 2.68 bits per heavy atom. The molecule has 4 nitrogen and oxygen atoms in total. The molecular weight excluding hydrogens is 278 g/mol. The molecule has 0 spiro atoms. The van der Waals surface area contributed by atoms with Gasteiger partial charge in [-0.05, 0) is 23.9 Å². The van der Waals surface area contributed by atoms with E-state index < -0.39 is 11.6 Å². The van der Waals surface area contributed by atoms with E-state index in [1.54, 1.807) is 6.20 Å². The Labute approximate surface area is 128 Å². The molecule has 112 valence electrons. The third-order valence-corrected chi connectivity index (χ3v) is 3.86. The summed E-state index contributed by atoms with van der Waals surface area (Å²) in [5, 5.41) is 13.4. The van der Waals surface area contributed by atoms with Crippen LogP contribution < -0.4 is 0 Å². The predicted molar refractivity (Wildman–Crippen MR) is 85.6 cm³/mol. The van der Waals surface area contributed by atoms with E-state index in [1.165, 1.54) is 14.0 Å². The highest BCUT2D eigenvalue weighted by Gasteiger charge is 2.32. The maximum atomic E-state index is 11.7. The summed E-state index contributed by atoms with van der Waals surface area (Å²) >= 11 is 0. The average molecular weight is 295 g/mol. The molecule has 2 aromatic carbocycles. The molecule has 0 saturated heterocycles. The van der Waals surface area contributed by atoms with Gasteiger partial charge in [0.15, 0.2) is 5.60 Å². The van der Waals surface area contributed by atoms with Crippen molar-refractivity contribution in [3.63, 3.8) is 0 Å². The molecule has 1 atom stereocenters. The van der Waals surface area contributed by atoms with E-state index in [1.807, 2.05) is 42.5 Å². The molecule has 22 heavy (non-hydrogen) atoms. The van der Waals surface area contributed by atoms with Crippen LogP contribution in [0.2, 0.25) is 0 Å². The molecule has 3 rings (SSSR count). The monoisotopic (exact) mass is 295 g/mol. The van der Waals surface area contributed by atoms with Crippen molar-refractivity contribution in [2.75, 3.05) is 7.11 Å². The number of esters is 1. The van der Waals surface area contributed by atoms with Crippen LogP contribution in [0.25, 0.3) is 21.7 Å². The van der Waals surface area contributed by atoms with Gasteiger partial charge in [0, 0.05) is 23.4 Å². The molecule has 1 unspecified atom stereocenters. The Morgan fingerprint density at radius 2 is 1.91 bits per heavy atom. The number of fused-ring (bicyclic) bond motifs is 3. The number of nitrogens with zero attached hydrogens (tertiary/aromatic N) is 1. The van der Waals surface area contributed by atoms with Crippen LogP contribution in [0.4, 0.5) is 0 Å². The summed E-state index contributed by atoms with van der Waals surface area (Å²) in [6, 6.07) is 13.8. The fraction of sp³-hybridized carbons (Fsp3) is 0.222. The zero-order valence-electron chi connectivity index (χ0n) is 12.5. The van der Waals surface area contributed by atoms with Crippen molar-refractivity contribution in [3.05, 3.63) is 54.2 Å². The standard InChI is InChI=1S/C18H17NO3/c1-18(21,17(20)22-2)11-14-6-3-5-12-8-9-13-7-4-10-19-16(13)15(12)14/h3-10,21H,11H2,1-2H3. The fourth-order valence-corrected chi connectivity index (χ4v) is 2.80. The van der Waals surface area contributed by atoms with Crippen molar-refractivity contribution < 1.29 is 14.6 Å². The van der Waals surface area contributed by atoms with Crippen LogP contribution in [0.15, 0.2) is 48.7 Å².